The van der Waals surface area contributed by atoms with Crippen molar-refractivity contribution in [1.82, 2.24) is 0 Å². The van der Waals surface area contributed by atoms with E-state index in [2.05, 4.69) is 0 Å². The quantitative estimate of drug-likeness (QED) is 0.773. The van der Waals surface area contributed by atoms with Crippen LogP contribution in [0.25, 0.3) is 0 Å². The monoisotopic (exact) mass is 237 g/mol. The first-order valence-electron chi connectivity index (χ1n) is 5.75. The summed E-state index contributed by atoms with van der Waals surface area (Å²) >= 11 is 0. The molecule has 3 heteroatoms. The van der Waals surface area contributed by atoms with Gasteiger partial charge in [-0.25, -0.2) is 0 Å². The molecule has 0 aliphatic rings. The molecule has 1 aromatic rings. The van der Waals surface area contributed by atoms with Gasteiger partial charge in [0.15, 0.2) is 5.75 Å². The zero-order valence-electron chi connectivity index (χ0n) is 11.5. The Bertz CT molecular complexity index is 349. The largest absolute Gasteiger partial charge is 0.488 e. The third kappa shape index (κ3) is 5.48. The minimum atomic E-state index is -0.327. The molecule has 1 aromatic carbocycles. The van der Waals surface area contributed by atoms with Crippen molar-refractivity contribution in [3.05, 3.63) is 18.2 Å². The summed E-state index contributed by atoms with van der Waals surface area (Å²) in [6, 6.07) is 4.69. The molecular weight excluding hydrogens is 216 g/mol. The molecule has 0 atom stereocenters. The molecule has 3 nitrogen and oxygen atoms in total. The SMILES string of the molecule is CC(C)(C)Oc1cc([O])cc(OC(C)(C)C)c1. The van der Waals surface area contributed by atoms with Crippen molar-refractivity contribution in [2.45, 2.75) is 52.7 Å². The maximum atomic E-state index is 11.5. The molecule has 0 bridgehead atoms. The fraction of sp³-hybridized carbons (Fsp3) is 0.571. The Morgan fingerprint density at radius 2 is 1.12 bits per heavy atom. The van der Waals surface area contributed by atoms with Gasteiger partial charge in [-0.15, -0.1) is 0 Å². The molecule has 1 rings (SSSR count). The Balaban J connectivity index is 2.95. The smallest absolute Gasteiger partial charge is 0.186 e. The van der Waals surface area contributed by atoms with Gasteiger partial charge in [0.05, 0.1) is 0 Å². The van der Waals surface area contributed by atoms with Crippen LogP contribution in [0.4, 0.5) is 0 Å². The molecule has 0 heterocycles. The Labute approximate surface area is 103 Å². The lowest BCUT2D eigenvalue weighted by atomic mass is 10.1. The second-order valence-corrected chi connectivity index (χ2v) is 6.07. The lowest BCUT2D eigenvalue weighted by molar-refractivity contribution is 0.120. The summed E-state index contributed by atoms with van der Waals surface area (Å²) in [7, 11) is 0. The van der Waals surface area contributed by atoms with Crippen molar-refractivity contribution in [2.24, 2.45) is 0 Å². The molecule has 0 fully saturated rings. The van der Waals surface area contributed by atoms with Crippen LogP contribution in [0.5, 0.6) is 17.2 Å². The molecule has 0 unspecified atom stereocenters. The predicted molar refractivity (Wildman–Crippen MR) is 67.3 cm³/mol. The second kappa shape index (κ2) is 4.47. The third-order valence-electron chi connectivity index (χ3n) is 1.70. The summed E-state index contributed by atoms with van der Waals surface area (Å²) < 4.78 is 11.3. The van der Waals surface area contributed by atoms with E-state index in [4.69, 9.17) is 9.47 Å². The first kappa shape index (κ1) is 13.7. The van der Waals surface area contributed by atoms with Gasteiger partial charge >= 0.3 is 0 Å². The first-order chi connectivity index (χ1) is 7.55. The molecule has 0 N–H and O–H groups in total. The predicted octanol–water partition coefficient (Wildman–Crippen LogP) is 4.19. The highest BCUT2D eigenvalue weighted by Crippen LogP contribution is 2.31. The Hall–Kier alpha value is -1.38. The average Bonchev–Trinajstić information content (AvgIpc) is 1.93. The lowest BCUT2D eigenvalue weighted by Crippen LogP contribution is -2.24. The van der Waals surface area contributed by atoms with Crippen LogP contribution in [0, 0.1) is 0 Å². The fourth-order valence-corrected chi connectivity index (χ4v) is 1.37. The second-order valence-electron chi connectivity index (χ2n) is 6.07. The maximum absolute atomic E-state index is 11.5. The Morgan fingerprint density at radius 3 is 1.41 bits per heavy atom. The summed E-state index contributed by atoms with van der Waals surface area (Å²) in [5.41, 5.74) is -0.653. The summed E-state index contributed by atoms with van der Waals surface area (Å²) in [4.78, 5) is 0. The van der Waals surface area contributed by atoms with E-state index < -0.39 is 0 Å². The van der Waals surface area contributed by atoms with E-state index in [-0.39, 0.29) is 17.0 Å². The summed E-state index contributed by atoms with van der Waals surface area (Å²) in [6.45, 7) is 11.6. The van der Waals surface area contributed by atoms with Crippen molar-refractivity contribution in [1.29, 1.82) is 0 Å². The van der Waals surface area contributed by atoms with Crippen molar-refractivity contribution >= 4 is 0 Å². The number of hydrogen-bond acceptors (Lipinski definition) is 2. The van der Waals surface area contributed by atoms with E-state index in [1.165, 1.54) is 12.1 Å². The number of rotatable bonds is 2. The summed E-state index contributed by atoms with van der Waals surface area (Å²) in [5, 5.41) is 11.5. The number of ether oxygens (including phenoxy) is 2. The van der Waals surface area contributed by atoms with Gasteiger partial charge in [-0.05, 0) is 41.5 Å². The third-order valence-corrected chi connectivity index (χ3v) is 1.70. The molecule has 0 saturated heterocycles. The van der Waals surface area contributed by atoms with Gasteiger partial charge < -0.3 is 9.47 Å². The molecule has 0 aliphatic heterocycles. The van der Waals surface area contributed by atoms with Crippen LogP contribution in [0.3, 0.4) is 0 Å². The van der Waals surface area contributed by atoms with Crippen LogP contribution < -0.4 is 9.47 Å². The minimum absolute atomic E-state index is 0.106. The standard InChI is InChI=1S/C14H21O3/c1-13(2,3)16-11-7-10(15)8-12(9-11)17-14(4,5)6/h7-9H,1-6H3. The van der Waals surface area contributed by atoms with E-state index >= 15 is 0 Å². The Kier molecular flexibility index (Phi) is 3.60. The van der Waals surface area contributed by atoms with Crippen molar-refractivity contribution in [3.63, 3.8) is 0 Å². The van der Waals surface area contributed by atoms with E-state index in [1.807, 2.05) is 41.5 Å². The van der Waals surface area contributed by atoms with Crippen LogP contribution in [0.2, 0.25) is 0 Å². The van der Waals surface area contributed by atoms with E-state index in [0.29, 0.717) is 11.5 Å². The number of benzene rings is 1. The molecule has 95 valence electrons. The van der Waals surface area contributed by atoms with Crippen molar-refractivity contribution in [3.8, 4) is 17.2 Å². The van der Waals surface area contributed by atoms with Gasteiger partial charge in [-0.1, -0.05) is 0 Å². The molecular formula is C14H21O3. The molecule has 0 amide bonds. The zero-order valence-corrected chi connectivity index (χ0v) is 11.5. The van der Waals surface area contributed by atoms with Crippen molar-refractivity contribution in [2.75, 3.05) is 0 Å². The van der Waals surface area contributed by atoms with Gasteiger partial charge in [-0.3, -0.25) is 5.11 Å². The lowest BCUT2D eigenvalue weighted by Gasteiger charge is -2.24. The molecule has 17 heavy (non-hydrogen) atoms. The molecule has 0 spiro atoms. The molecule has 0 saturated carbocycles. The minimum Gasteiger partial charge on any atom is -0.488 e. The van der Waals surface area contributed by atoms with Gasteiger partial charge in [0.2, 0.25) is 0 Å². The molecule has 0 aromatic heterocycles. The first-order valence-corrected chi connectivity index (χ1v) is 5.75. The topological polar surface area (TPSA) is 38.4 Å². The van der Waals surface area contributed by atoms with Gasteiger partial charge in [-0.2, -0.15) is 0 Å². The Morgan fingerprint density at radius 1 is 0.765 bits per heavy atom. The normalized spacial score (nSPS) is 12.4. The van der Waals surface area contributed by atoms with E-state index in [1.54, 1.807) is 6.07 Å². The maximum Gasteiger partial charge on any atom is 0.186 e. The summed E-state index contributed by atoms with van der Waals surface area (Å²) in [6.07, 6.45) is 0. The van der Waals surface area contributed by atoms with E-state index in [9.17, 15) is 5.11 Å². The highest BCUT2D eigenvalue weighted by Gasteiger charge is 2.16. The molecule has 0 aliphatic carbocycles. The fourth-order valence-electron chi connectivity index (χ4n) is 1.37. The van der Waals surface area contributed by atoms with E-state index in [0.717, 1.165) is 0 Å². The van der Waals surface area contributed by atoms with Crippen LogP contribution in [-0.2, 0) is 5.11 Å². The van der Waals surface area contributed by atoms with Gasteiger partial charge in [0, 0.05) is 18.2 Å². The zero-order chi connectivity index (χ0) is 13.3. The van der Waals surface area contributed by atoms with Crippen LogP contribution >= 0.6 is 0 Å². The number of hydrogen-bond donors (Lipinski definition) is 0. The molecule has 1 radical (unpaired) electrons. The van der Waals surface area contributed by atoms with Gasteiger partial charge in [0.25, 0.3) is 0 Å². The van der Waals surface area contributed by atoms with Crippen LogP contribution in [0.1, 0.15) is 41.5 Å². The van der Waals surface area contributed by atoms with Crippen molar-refractivity contribution < 1.29 is 14.6 Å². The van der Waals surface area contributed by atoms with Crippen LogP contribution in [0.15, 0.2) is 18.2 Å². The van der Waals surface area contributed by atoms with Crippen LogP contribution in [-0.4, -0.2) is 11.2 Å². The summed E-state index contributed by atoms with van der Waals surface area (Å²) in [5.74, 6) is 0.986. The average molecular weight is 237 g/mol. The van der Waals surface area contributed by atoms with Gasteiger partial charge in [0.1, 0.15) is 22.7 Å². The highest BCUT2D eigenvalue weighted by atomic mass is 16.5. The highest BCUT2D eigenvalue weighted by molar-refractivity contribution is 5.41.